The van der Waals surface area contributed by atoms with E-state index in [1.54, 1.807) is 12.1 Å². The van der Waals surface area contributed by atoms with Gasteiger partial charge in [-0.15, -0.1) is 0 Å². The molecule has 0 spiro atoms. The van der Waals surface area contributed by atoms with Gasteiger partial charge in [-0.05, 0) is 81.1 Å². The number of nitrogens with one attached hydrogen (secondary N) is 2. The van der Waals surface area contributed by atoms with Crippen molar-refractivity contribution in [3.05, 3.63) is 77.7 Å². The number of nitrogens with zero attached hydrogens (tertiary/aromatic N) is 2. The Kier molecular flexibility index (Phi) is 5.68. The van der Waals surface area contributed by atoms with E-state index in [1.165, 1.54) is 12.1 Å². The van der Waals surface area contributed by atoms with E-state index in [9.17, 15) is 14.3 Å². The fraction of sp³-hybridized carbons (Fsp3) is 0.241. The van der Waals surface area contributed by atoms with Gasteiger partial charge in [0.15, 0.2) is 0 Å². The summed E-state index contributed by atoms with van der Waals surface area (Å²) < 4.78 is 15.9. The number of nitrogens with two attached hydrogens (primary N) is 1. The van der Waals surface area contributed by atoms with Crippen LogP contribution in [0.2, 0.25) is 0 Å². The van der Waals surface area contributed by atoms with E-state index < -0.39 is 5.91 Å². The van der Waals surface area contributed by atoms with E-state index in [0.717, 1.165) is 53.5 Å². The van der Waals surface area contributed by atoms with Crippen LogP contribution in [0.5, 0.6) is 0 Å². The predicted molar refractivity (Wildman–Crippen MR) is 143 cm³/mol. The average molecular weight is 498 g/mol. The first-order valence-corrected chi connectivity index (χ1v) is 12.5. The molecule has 0 radical (unpaired) electrons. The third-order valence-corrected chi connectivity index (χ3v) is 7.31. The number of hydrogen-bond acceptors (Lipinski definition) is 4. The lowest BCUT2D eigenvalue weighted by Gasteiger charge is -2.28. The third kappa shape index (κ3) is 4.23. The second-order valence-electron chi connectivity index (χ2n) is 9.85. The molecule has 0 aliphatic heterocycles. The van der Waals surface area contributed by atoms with E-state index in [1.807, 2.05) is 37.3 Å². The van der Waals surface area contributed by atoms with Crippen LogP contribution in [0.15, 0.2) is 60.7 Å². The van der Waals surface area contributed by atoms with Crippen LogP contribution in [0.3, 0.4) is 0 Å². The third-order valence-electron chi connectivity index (χ3n) is 7.31. The number of fused-ring (bicyclic) bond motifs is 2. The number of imidazole rings is 1. The molecule has 2 heterocycles. The summed E-state index contributed by atoms with van der Waals surface area (Å²) >= 11 is 0. The number of halogens is 1. The zero-order valence-corrected chi connectivity index (χ0v) is 20.5. The Bertz CT molecular complexity index is 1650. The number of hydrogen-bond donors (Lipinski definition) is 4. The molecular formula is C29H28FN5O2. The van der Waals surface area contributed by atoms with Crippen molar-refractivity contribution in [3.63, 3.8) is 0 Å². The van der Waals surface area contributed by atoms with Gasteiger partial charge < -0.3 is 25.7 Å². The SMILES string of the molecule is Cc1cc2c(-c3nc4ccc(F)cc4[nH]3)cccc2n1-c1ccc(C(N)=O)c(NC2CCC(O)CC2)c1. The molecule has 0 bridgehead atoms. The molecule has 0 unspecified atom stereocenters. The number of carbonyl (C=O) groups excluding carboxylic acids is 1. The molecule has 6 rings (SSSR count). The maximum absolute atomic E-state index is 13.7. The minimum Gasteiger partial charge on any atom is -0.393 e. The summed E-state index contributed by atoms with van der Waals surface area (Å²) in [7, 11) is 0. The van der Waals surface area contributed by atoms with E-state index in [-0.39, 0.29) is 18.0 Å². The molecule has 5 aromatic rings. The highest BCUT2D eigenvalue weighted by molar-refractivity contribution is 6.00. The lowest BCUT2D eigenvalue weighted by molar-refractivity contribution is 0.100. The van der Waals surface area contributed by atoms with Crippen molar-refractivity contribution in [1.29, 1.82) is 0 Å². The standard InChI is InChI=1S/C29H28FN5O2/c1-16-13-23-21(29-33-24-12-5-17(30)14-26(24)34-29)3-2-4-27(23)35(16)19-8-11-22(28(31)37)25(15-19)32-18-6-9-20(36)10-7-18/h2-5,8,11-15,18,20,32,36H,6-7,9-10H2,1H3,(H2,31,37)(H,33,34). The fourth-order valence-electron chi connectivity index (χ4n) is 5.47. The number of carbonyl (C=O) groups is 1. The first-order chi connectivity index (χ1) is 17.9. The van der Waals surface area contributed by atoms with E-state index >= 15 is 0 Å². The first kappa shape index (κ1) is 23.2. The van der Waals surface area contributed by atoms with Crippen LogP contribution in [0.25, 0.3) is 39.0 Å². The molecule has 7 nitrogen and oxygen atoms in total. The number of aromatic amines is 1. The van der Waals surface area contributed by atoms with Gasteiger partial charge in [-0.1, -0.05) is 12.1 Å². The highest BCUT2D eigenvalue weighted by Crippen LogP contribution is 2.34. The minimum absolute atomic E-state index is 0.170. The molecule has 188 valence electrons. The monoisotopic (exact) mass is 497 g/mol. The Hall–Kier alpha value is -4.17. The van der Waals surface area contributed by atoms with Crippen LogP contribution < -0.4 is 11.1 Å². The largest absolute Gasteiger partial charge is 0.393 e. The summed E-state index contributed by atoms with van der Waals surface area (Å²) in [6.07, 6.45) is 2.89. The maximum Gasteiger partial charge on any atom is 0.250 e. The molecule has 1 aliphatic carbocycles. The Morgan fingerprint density at radius 2 is 1.92 bits per heavy atom. The van der Waals surface area contributed by atoms with Crippen molar-refractivity contribution in [2.24, 2.45) is 5.73 Å². The minimum atomic E-state index is -0.484. The summed E-state index contributed by atoms with van der Waals surface area (Å²) in [5, 5.41) is 14.4. The number of aliphatic hydroxyl groups excluding tert-OH is 1. The van der Waals surface area contributed by atoms with Crippen LogP contribution in [0.4, 0.5) is 10.1 Å². The number of amides is 1. The number of primary amides is 1. The first-order valence-electron chi connectivity index (χ1n) is 12.5. The Morgan fingerprint density at radius 3 is 2.70 bits per heavy atom. The van der Waals surface area contributed by atoms with Gasteiger partial charge in [-0.2, -0.15) is 0 Å². The van der Waals surface area contributed by atoms with Crippen LogP contribution in [0.1, 0.15) is 41.7 Å². The van der Waals surface area contributed by atoms with E-state index in [4.69, 9.17) is 10.7 Å². The zero-order valence-electron chi connectivity index (χ0n) is 20.5. The van der Waals surface area contributed by atoms with Gasteiger partial charge in [0.25, 0.3) is 5.91 Å². The van der Waals surface area contributed by atoms with Crippen molar-refractivity contribution < 1.29 is 14.3 Å². The lowest BCUT2D eigenvalue weighted by Crippen LogP contribution is -2.29. The number of rotatable bonds is 5. The van der Waals surface area contributed by atoms with E-state index in [2.05, 4.69) is 20.9 Å². The van der Waals surface area contributed by atoms with Gasteiger partial charge in [0.2, 0.25) is 0 Å². The molecule has 0 atom stereocenters. The smallest absolute Gasteiger partial charge is 0.250 e. The normalized spacial score (nSPS) is 17.9. The molecule has 5 N–H and O–H groups in total. The number of H-pyrrole nitrogens is 1. The summed E-state index contributed by atoms with van der Waals surface area (Å²) in [6, 6.07) is 18.5. The van der Waals surface area contributed by atoms with Gasteiger partial charge in [-0.3, -0.25) is 4.79 Å². The zero-order chi connectivity index (χ0) is 25.7. The second-order valence-corrected chi connectivity index (χ2v) is 9.85. The Morgan fingerprint density at radius 1 is 1.11 bits per heavy atom. The summed E-state index contributed by atoms with van der Waals surface area (Å²) in [6.45, 7) is 2.04. The van der Waals surface area contributed by atoms with E-state index in [0.29, 0.717) is 28.1 Å². The van der Waals surface area contributed by atoms with Crippen molar-refractivity contribution >= 4 is 33.5 Å². The number of aliphatic hydroxyl groups is 1. The number of anilines is 1. The molecular weight excluding hydrogens is 469 g/mol. The fourth-order valence-corrected chi connectivity index (χ4v) is 5.47. The second kappa shape index (κ2) is 9.05. The lowest BCUT2D eigenvalue weighted by atomic mass is 9.92. The predicted octanol–water partition coefficient (Wildman–Crippen LogP) is 5.44. The topological polar surface area (TPSA) is 109 Å². The molecule has 8 heteroatoms. The van der Waals surface area contributed by atoms with Crippen molar-refractivity contribution in [2.45, 2.75) is 44.8 Å². The molecule has 0 saturated heterocycles. The summed E-state index contributed by atoms with van der Waals surface area (Å²) in [4.78, 5) is 20.1. The molecule has 3 aromatic carbocycles. The molecule has 1 amide bonds. The van der Waals surface area contributed by atoms with Gasteiger partial charge in [0.1, 0.15) is 11.6 Å². The van der Waals surface area contributed by atoms with Crippen LogP contribution in [-0.4, -0.2) is 37.7 Å². The molecule has 37 heavy (non-hydrogen) atoms. The highest BCUT2D eigenvalue weighted by Gasteiger charge is 2.22. The van der Waals surface area contributed by atoms with Crippen molar-refractivity contribution in [1.82, 2.24) is 14.5 Å². The molecule has 1 aliphatic rings. The van der Waals surface area contributed by atoms with Crippen LogP contribution in [0, 0.1) is 12.7 Å². The van der Waals surface area contributed by atoms with Crippen molar-refractivity contribution in [2.75, 3.05) is 5.32 Å². The van der Waals surface area contributed by atoms with Gasteiger partial charge >= 0.3 is 0 Å². The quantitative estimate of drug-likeness (QED) is 0.259. The molecule has 2 aromatic heterocycles. The number of aromatic nitrogens is 3. The Labute approximate surface area is 213 Å². The number of aryl methyl sites for hydroxylation is 1. The summed E-state index contributed by atoms with van der Waals surface area (Å²) in [5.41, 5.74) is 12.0. The van der Waals surface area contributed by atoms with Crippen molar-refractivity contribution in [3.8, 4) is 17.1 Å². The van der Waals surface area contributed by atoms with Gasteiger partial charge in [0.05, 0.1) is 28.2 Å². The van der Waals surface area contributed by atoms with Crippen LogP contribution >= 0.6 is 0 Å². The van der Waals surface area contributed by atoms with Gasteiger partial charge in [0, 0.05) is 34.1 Å². The molecule has 1 saturated carbocycles. The molecule has 1 fully saturated rings. The van der Waals surface area contributed by atoms with Gasteiger partial charge in [-0.25, -0.2) is 9.37 Å². The maximum atomic E-state index is 13.7. The summed E-state index contributed by atoms with van der Waals surface area (Å²) in [5.74, 6) is -0.118. The highest BCUT2D eigenvalue weighted by atomic mass is 19.1. The van der Waals surface area contributed by atoms with Crippen LogP contribution in [-0.2, 0) is 0 Å². The Balaban J connectivity index is 1.43. The number of benzene rings is 3. The average Bonchev–Trinajstić information content (AvgIpc) is 3.44.